The average Bonchev–Trinajstić information content (AvgIpc) is 2.77. The van der Waals surface area contributed by atoms with Gasteiger partial charge in [-0.05, 0) is 44.5 Å². The molecule has 1 aromatic heterocycles. The lowest BCUT2D eigenvalue weighted by molar-refractivity contribution is 0.0924. The highest BCUT2D eigenvalue weighted by Crippen LogP contribution is 2.15. The molecule has 100 valence electrons. The molecular formula is C11H17ClN4OS. The summed E-state index contributed by atoms with van der Waals surface area (Å²) in [5, 5.41) is 10.6. The molecule has 0 aromatic carbocycles. The number of piperidine rings is 1. The lowest BCUT2D eigenvalue weighted by Crippen LogP contribution is -2.43. The molecule has 1 aliphatic rings. The standard InChI is InChI=1S/C11H17ClN4OS/c1-8(7-16-5-3-2-4-6-16)13-9(17)10-14-15-11(12)18-10/h8H,2-7H2,1H3,(H,13,17). The Kier molecular flexibility index (Phi) is 4.91. The van der Waals surface area contributed by atoms with E-state index in [1.54, 1.807) is 0 Å². The molecule has 1 unspecified atom stereocenters. The molecule has 0 bridgehead atoms. The summed E-state index contributed by atoms with van der Waals surface area (Å²) in [5.74, 6) is -0.191. The average molecular weight is 289 g/mol. The van der Waals surface area contributed by atoms with Crippen LogP contribution in [-0.4, -0.2) is 46.7 Å². The van der Waals surface area contributed by atoms with E-state index in [0.717, 1.165) is 31.0 Å². The van der Waals surface area contributed by atoms with E-state index in [1.807, 2.05) is 6.92 Å². The Morgan fingerprint density at radius 2 is 2.17 bits per heavy atom. The topological polar surface area (TPSA) is 58.1 Å². The van der Waals surface area contributed by atoms with Crippen molar-refractivity contribution in [2.24, 2.45) is 0 Å². The minimum absolute atomic E-state index is 0.110. The lowest BCUT2D eigenvalue weighted by atomic mass is 10.1. The van der Waals surface area contributed by atoms with Crippen molar-refractivity contribution in [3.05, 3.63) is 9.47 Å². The molecule has 1 N–H and O–H groups in total. The summed E-state index contributed by atoms with van der Waals surface area (Å²) < 4.78 is 0.295. The number of carbonyl (C=O) groups excluding carboxylic acids is 1. The third-order valence-electron chi connectivity index (χ3n) is 2.95. The number of likely N-dealkylation sites (tertiary alicyclic amines) is 1. The molecule has 1 saturated heterocycles. The molecule has 1 aromatic rings. The molecule has 0 spiro atoms. The minimum atomic E-state index is -0.191. The van der Waals surface area contributed by atoms with E-state index in [2.05, 4.69) is 20.4 Å². The fourth-order valence-electron chi connectivity index (χ4n) is 2.16. The van der Waals surface area contributed by atoms with Gasteiger partial charge in [0.15, 0.2) is 0 Å². The van der Waals surface area contributed by atoms with E-state index in [-0.39, 0.29) is 11.9 Å². The molecule has 2 heterocycles. The molecule has 1 amide bonds. The maximum Gasteiger partial charge on any atom is 0.282 e. The van der Waals surface area contributed by atoms with E-state index in [9.17, 15) is 4.79 Å². The van der Waals surface area contributed by atoms with Crippen molar-refractivity contribution < 1.29 is 4.79 Å². The van der Waals surface area contributed by atoms with E-state index in [1.165, 1.54) is 19.3 Å². The Morgan fingerprint density at radius 1 is 1.44 bits per heavy atom. The number of aromatic nitrogens is 2. The molecule has 2 rings (SSSR count). The van der Waals surface area contributed by atoms with Crippen LogP contribution in [0.4, 0.5) is 0 Å². The van der Waals surface area contributed by atoms with Gasteiger partial charge >= 0.3 is 0 Å². The first-order valence-corrected chi connectivity index (χ1v) is 7.37. The highest BCUT2D eigenvalue weighted by Gasteiger charge is 2.17. The van der Waals surface area contributed by atoms with Gasteiger partial charge < -0.3 is 10.2 Å². The zero-order chi connectivity index (χ0) is 13.0. The summed E-state index contributed by atoms with van der Waals surface area (Å²) in [5.41, 5.74) is 0. The van der Waals surface area contributed by atoms with Gasteiger partial charge in [-0.1, -0.05) is 17.8 Å². The van der Waals surface area contributed by atoms with Crippen LogP contribution in [0.25, 0.3) is 0 Å². The first-order valence-electron chi connectivity index (χ1n) is 6.17. The van der Waals surface area contributed by atoms with Gasteiger partial charge in [-0.15, -0.1) is 10.2 Å². The van der Waals surface area contributed by atoms with Gasteiger partial charge in [0.05, 0.1) is 0 Å². The van der Waals surface area contributed by atoms with Gasteiger partial charge in [0.2, 0.25) is 9.47 Å². The van der Waals surface area contributed by atoms with E-state index >= 15 is 0 Å². The van der Waals surface area contributed by atoms with Crippen molar-refractivity contribution in [3.63, 3.8) is 0 Å². The number of carbonyl (C=O) groups is 1. The number of hydrogen-bond donors (Lipinski definition) is 1. The Balaban J connectivity index is 1.79. The Labute approximate surface area is 116 Å². The van der Waals surface area contributed by atoms with Gasteiger partial charge in [0.1, 0.15) is 0 Å². The highest BCUT2D eigenvalue weighted by atomic mass is 35.5. The lowest BCUT2D eigenvalue weighted by Gasteiger charge is -2.29. The molecule has 5 nitrogen and oxygen atoms in total. The Hall–Kier alpha value is -0.720. The van der Waals surface area contributed by atoms with E-state index < -0.39 is 0 Å². The van der Waals surface area contributed by atoms with Crippen LogP contribution in [0.1, 0.15) is 36.0 Å². The van der Waals surface area contributed by atoms with Gasteiger partial charge in [-0.25, -0.2) is 0 Å². The predicted molar refractivity (Wildman–Crippen MR) is 72.1 cm³/mol. The van der Waals surface area contributed by atoms with Crippen molar-refractivity contribution in [2.75, 3.05) is 19.6 Å². The number of nitrogens with one attached hydrogen (secondary N) is 1. The molecule has 0 saturated carbocycles. The largest absolute Gasteiger partial charge is 0.346 e. The second kappa shape index (κ2) is 6.45. The summed E-state index contributed by atoms with van der Waals surface area (Å²) >= 11 is 6.75. The Morgan fingerprint density at radius 3 is 2.78 bits per heavy atom. The van der Waals surface area contributed by atoms with Gasteiger partial charge in [-0.2, -0.15) is 0 Å². The molecule has 1 fully saturated rings. The first kappa shape index (κ1) is 13.7. The zero-order valence-corrected chi connectivity index (χ0v) is 11.9. The number of rotatable bonds is 4. The molecule has 7 heteroatoms. The summed E-state index contributed by atoms with van der Waals surface area (Å²) in [7, 11) is 0. The quantitative estimate of drug-likeness (QED) is 0.918. The molecule has 0 radical (unpaired) electrons. The van der Waals surface area contributed by atoms with Crippen LogP contribution in [0.15, 0.2) is 0 Å². The fraction of sp³-hybridized carbons (Fsp3) is 0.727. The second-order valence-electron chi connectivity index (χ2n) is 4.60. The Bertz CT molecular complexity index is 406. The second-order valence-corrected chi connectivity index (χ2v) is 6.16. The van der Waals surface area contributed by atoms with Crippen LogP contribution >= 0.6 is 22.9 Å². The van der Waals surface area contributed by atoms with Gasteiger partial charge in [0, 0.05) is 12.6 Å². The van der Waals surface area contributed by atoms with Gasteiger partial charge in [-0.3, -0.25) is 4.79 Å². The van der Waals surface area contributed by atoms with E-state index in [0.29, 0.717) is 9.47 Å². The predicted octanol–water partition coefficient (Wildman–Crippen LogP) is 1.80. The minimum Gasteiger partial charge on any atom is -0.346 e. The van der Waals surface area contributed by atoms with Crippen molar-refractivity contribution in [1.82, 2.24) is 20.4 Å². The highest BCUT2D eigenvalue weighted by molar-refractivity contribution is 7.17. The number of amides is 1. The monoisotopic (exact) mass is 288 g/mol. The van der Waals surface area contributed by atoms with Crippen molar-refractivity contribution in [2.45, 2.75) is 32.2 Å². The van der Waals surface area contributed by atoms with E-state index in [4.69, 9.17) is 11.6 Å². The van der Waals surface area contributed by atoms with Crippen LogP contribution < -0.4 is 5.32 Å². The molecular weight excluding hydrogens is 272 g/mol. The molecule has 1 aliphatic heterocycles. The maximum atomic E-state index is 11.8. The fourth-order valence-corrected chi connectivity index (χ4v) is 2.89. The third kappa shape index (κ3) is 3.90. The van der Waals surface area contributed by atoms with Crippen LogP contribution in [0, 0.1) is 0 Å². The SMILES string of the molecule is CC(CN1CCCCC1)NC(=O)c1nnc(Cl)s1. The third-order valence-corrected chi connectivity index (χ3v) is 3.97. The van der Waals surface area contributed by atoms with Gasteiger partial charge in [0.25, 0.3) is 5.91 Å². The van der Waals surface area contributed by atoms with Crippen molar-refractivity contribution in [1.29, 1.82) is 0 Å². The van der Waals surface area contributed by atoms with Crippen LogP contribution in [0.5, 0.6) is 0 Å². The summed E-state index contributed by atoms with van der Waals surface area (Å²) in [6, 6.07) is 0.110. The summed E-state index contributed by atoms with van der Waals surface area (Å²) in [4.78, 5) is 14.2. The van der Waals surface area contributed by atoms with Crippen molar-refractivity contribution >= 4 is 28.8 Å². The number of nitrogens with zero attached hydrogens (tertiary/aromatic N) is 3. The summed E-state index contributed by atoms with van der Waals surface area (Å²) in [6.07, 6.45) is 3.83. The summed E-state index contributed by atoms with van der Waals surface area (Å²) in [6.45, 7) is 5.16. The molecule has 1 atom stereocenters. The molecule has 0 aliphatic carbocycles. The van der Waals surface area contributed by atoms with Crippen molar-refractivity contribution in [3.8, 4) is 0 Å². The maximum absolute atomic E-state index is 11.8. The van der Waals surface area contributed by atoms with Crippen LogP contribution in [0.2, 0.25) is 4.47 Å². The van der Waals surface area contributed by atoms with Crippen LogP contribution in [-0.2, 0) is 0 Å². The molecule has 18 heavy (non-hydrogen) atoms. The normalized spacial score (nSPS) is 18.6. The number of halogens is 1. The number of hydrogen-bond acceptors (Lipinski definition) is 5. The van der Waals surface area contributed by atoms with Crippen LogP contribution in [0.3, 0.4) is 0 Å². The smallest absolute Gasteiger partial charge is 0.282 e. The first-order chi connectivity index (χ1) is 8.65. The zero-order valence-electron chi connectivity index (χ0n) is 10.4.